The highest BCUT2D eigenvalue weighted by Crippen LogP contribution is 2.39. The number of anilines is 3. The van der Waals surface area contributed by atoms with Crippen molar-refractivity contribution in [1.82, 2.24) is 25.0 Å². The second-order valence-corrected chi connectivity index (χ2v) is 10.9. The van der Waals surface area contributed by atoms with E-state index < -0.39 is 44.4 Å². The van der Waals surface area contributed by atoms with Crippen molar-refractivity contribution in [2.24, 2.45) is 0 Å². The lowest BCUT2D eigenvalue weighted by Crippen LogP contribution is -2.43. The first-order chi connectivity index (χ1) is 18.6. The molecule has 3 N–H and O–H groups in total. The van der Waals surface area contributed by atoms with E-state index in [-0.39, 0.29) is 29.2 Å². The average molecular weight is 572 g/mol. The van der Waals surface area contributed by atoms with Crippen molar-refractivity contribution in [3.63, 3.8) is 0 Å². The molecule has 39 heavy (non-hydrogen) atoms. The molecule has 0 spiro atoms. The number of para-hydroxylation sites is 1. The molecule has 200 valence electrons. The van der Waals surface area contributed by atoms with Gasteiger partial charge in [0.2, 0.25) is 0 Å². The van der Waals surface area contributed by atoms with Crippen LogP contribution in [0, 0.1) is 18.6 Å². The number of carbonyl (C=O) groups excluding carboxylic acids is 2. The summed E-state index contributed by atoms with van der Waals surface area (Å²) in [6, 6.07) is 6.85. The largest absolute Gasteiger partial charge is 0.333 e. The molecule has 5 rings (SSSR count). The van der Waals surface area contributed by atoms with E-state index in [0.717, 1.165) is 25.2 Å². The molecule has 1 aliphatic heterocycles. The predicted octanol–water partition coefficient (Wildman–Crippen LogP) is 3.71. The second kappa shape index (κ2) is 10.1. The highest BCUT2D eigenvalue weighted by molar-refractivity contribution is 7.89. The SMILES string of the molecule is CNS(=O)(=O)c1nc(-c2cc(C(=O)Nc3nccs3)ccc2C)c2c(n1)N(c1c(F)cccc1F)C(=O)NC2. The van der Waals surface area contributed by atoms with Gasteiger partial charge in [0.1, 0.15) is 17.3 Å². The number of aromatic nitrogens is 3. The number of hydrogen-bond donors (Lipinski definition) is 3. The van der Waals surface area contributed by atoms with Gasteiger partial charge >= 0.3 is 6.03 Å². The molecule has 2 aromatic carbocycles. The van der Waals surface area contributed by atoms with Crippen LogP contribution < -0.4 is 20.3 Å². The van der Waals surface area contributed by atoms with Gasteiger partial charge in [-0.25, -0.2) is 41.6 Å². The molecule has 2 aromatic heterocycles. The Morgan fingerprint density at radius 1 is 1.15 bits per heavy atom. The third-order valence-electron chi connectivity index (χ3n) is 5.87. The van der Waals surface area contributed by atoms with Gasteiger partial charge < -0.3 is 5.32 Å². The summed E-state index contributed by atoms with van der Waals surface area (Å²) in [6.07, 6.45) is 1.54. The second-order valence-electron chi connectivity index (χ2n) is 8.25. The van der Waals surface area contributed by atoms with E-state index in [2.05, 4.69) is 30.3 Å². The first-order valence-electron chi connectivity index (χ1n) is 11.3. The van der Waals surface area contributed by atoms with Crippen molar-refractivity contribution in [3.05, 3.63) is 76.3 Å². The first-order valence-corrected chi connectivity index (χ1v) is 13.6. The molecule has 4 aromatic rings. The lowest BCUT2D eigenvalue weighted by atomic mass is 9.97. The first kappa shape index (κ1) is 26.3. The molecule has 3 amide bonds. The van der Waals surface area contributed by atoms with Crippen molar-refractivity contribution in [2.75, 3.05) is 17.3 Å². The molecule has 0 unspecified atom stereocenters. The number of rotatable bonds is 6. The van der Waals surface area contributed by atoms with Crippen LogP contribution in [-0.4, -0.2) is 42.4 Å². The smallest absolute Gasteiger partial charge is 0.328 e. The quantitative estimate of drug-likeness (QED) is 0.299. The number of benzene rings is 2. The van der Waals surface area contributed by atoms with E-state index in [1.165, 1.54) is 23.6 Å². The number of sulfonamides is 1. The minimum absolute atomic E-state index is 0.0528. The molecule has 0 saturated heterocycles. The third-order valence-corrected chi connectivity index (χ3v) is 7.76. The predicted molar refractivity (Wildman–Crippen MR) is 139 cm³/mol. The molecular weight excluding hydrogens is 552 g/mol. The lowest BCUT2D eigenvalue weighted by molar-refractivity contribution is 0.102. The van der Waals surface area contributed by atoms with E-state index in [9.17, 15) is 26.8 Å². The molecule has 0 saturated carbocycles. The number of carbonyl (C=O) groups is 2. The van der Waals surface area contributed by atoms with Crippen LogP contribution in [0.5, 0.6) is 0 Å². The van der Waals surface area contributed by atoms with Gasteiger partial charge in [-0.05, 0) is 43.8 Å². The molecule has 11 nitrogen and oxygen atoms in total. The van der Waals surface area contributed by atoms with Gasteiger partial charge in [-0.15, -0.1) is 11.3 Å². The van der Waals surface area contributed by atoms with E-state index >= 15 is 0 Å². The normalized spacial score (nSPS) is 13.1. The maximum absolute atomic E-state index is 14.8. The van der Waals surface area contributed by atoms with Crippen LogP contribution in [0.25, 0.3) is 11.3 Å². The lowest BCUT2D eigenvalue weighted by Gasteiger charge is -2.30. The maximum atomic E-state index is 14.8. The molecule has 1 aliphatic rings. The van der Waals surface area contributed by atoms with E-state index in [1.807, 2.05) is 0 Å². The van der Waals surface area contributed by atoms with Gasteiger partial charge in [-0.1, -0.05) is 12.1 Å². The summed E-state index contributed by atoms with van der Waals surface area (Å²) >= 11 is 1.23. The zero-order valence-electron chi connectivity index (χ0n) is 20.3. The Labute approximate surface area is 225 Å². The molecule has 0 aliphatic carbocycles. The fraction of sp³-hybridized carbons (Fsp3) is 0.125. The molecule has 3 heterocycles. The number of nitrogens with one attached hydrogen (secondary N) is 3. The van der Waals surface area contributed by atoms with Crippen LogP contribution in [0.4, 0.5) is 30.2 Å². The van der Waals surface area contributed by atoms with Crippen LogP contribution in [-0.2, 0) is 16.6 Å². The molecule has 15 heteroatoms. The highest BCUT2D eigenvalue weighted by Gasteiger charge is 2.35. The van der Waals surface area contributed by atoms with Gasteiger partial charge in [-0.2, -0.15) is 4.98 Å². The summed E-state index contributed by atoms with van der Waals surface area (Å²) in [6.45, 7) is 1.54. The van der Waals surface area contributed by atoms with Crippen molar-refractivity contribution in [1.29, 1.82) is 0 Å². The third kappa shape index (κ3) is 4.82. The number of fused-ring (bicyclic) bond motifs is 1. The van der Waals surface area contributed by atoms with Crippen LogP contribution in [0.2, 0.25) is 0 Å². The Morgan fingerprint density at radius 3 is 2.56 bits per heavy atom. The monoisotopic (exact) mass is 571 g/mol. The van der Waals surface area contributed by atoms with E-state index in [0.29, 0.717) is 21.2 Å². The Hall–Kier alpha value is -4.34. The fourth-order valence-corrected chi connectivity index (χ4v) is 5.08. The number of urea groups is 1. The van der Waals surface area contributed by atoms with Crippen LogP contribution in [0.15, 0.2) is 53.1 Å². The number of thiazole rings is 1. The van der Waals surface area contributed by atoms with E-state index in [4.69, 9.17) is 0 Å². The summed E-state index contributed by atoms with van der Waals surface area (Å²) in [7, 11) is -3.14. The van der Waals surface area contributed by atoms with Crippen LogP contribution in [0.1, 0.15) is 21.5 Å². The number of nitrogens with zero attached hydrogens (tertiary/aromatic N) is 4. The van der Waals surface area contributed by atoms with Crippen molar-refractivity contribution in [2.45, 2.75) is 18.6 Å². The molecule has 0 atom stereocenters. The summed E-state index contributed by atoms with van der Waals surface area (Å²) < 4.78 is 57.3. The summed E-state index contributed by atoms with van der Waals surface area (Å²) in [4.78, 5) is 38.8. The van der Waals surface area contributed by atoms with Gasteiger partial charge in [0, 0.05) is 28.3 Å². The Kier molecular flexibility index (Phi) is 6.80. The Bertz CT molecular complexity index is 1710. The highest BCUT2D eigenvalue weighted by atomic mass is 32.2. The standard InChI is InChI=1S/C24H19F2N7O4S2/c1-12-6-7-13(21(34)32-22-28-8-9-38-22)10-14(12)18-15-11-29-24(35)33(19-16(25)4-3-5-17(19)26)20(15)31-23(30-18)39(36,37)27-2/h3-10,27H,11H2,1-2H3,(H,29,35)(H,28,32,34). The number of amides is 3. The van der Waals surface area contributed by atoms with Crippen LogP contribution in [0.3, 0.4) is 0 Å². The van der Waals surface area contributed by atoms with E-state index in [1.54, 1.807) is 24.4 Å². The van der Waals surface area contributed by atoms with Crippen LogP contribution >= 0.6 is 11.3 Å². The summed E-state index contributed by atoms with van der Waals surface area (Å²) in [5.41, 5.74) is 0.674. The van der Waals surface area contributed by atoms with Crippen molar-refractivity contribution >= 4 is 49.9 Å². The van der Waals surface area contributed by atoms with Crippen molar-refractivity contribution in [3.8, 4) is 11.3 Å². The molecular formula is C24H19F2N7O4S2. The number of aryl methyl sites for hydroxylation is 1. The Morgan fingerprint density at radius 2 is 1.90 bits per heavy atom. The summed E-state index contributed by atoms with van der Waals surface area (Å²) in [5, 5.41) is 6.56. The zero-order chi connectivity index (χ0) is 27.9. The molecule has 0 fully saturated rings. The molecule has 0 bridgehead atoms. The number of hydrogen-bond acceptors (Lipinski definition) is 8. The summed E-state index contributed by atoms with van der Waals surface area (Å²) in [5.74, 6) is -2.92. The number of halogens is 2. The topological polar surface area (TPSA) is 146 Å². The average Bonchev–Trinajstić information content (AvgIpc) is 3.42. The zero-order valence-corrected chi connectivity index (χ0v) is 22.0. The van der Waals surface area contributed by atoms with Gasteiger partial charge in [0.15, 0.2) is 10.9 Å². The van der Waals surface area contributed by atoms with Gasteiger partial charge in [-0.3, -0.25) is 10.1 Å². The Balaban J connectivity index is 1.74. The molecule has 0 radical (unpaired) electrons. The minimum Gasteiger partial charge on any atom is -0.333 e. The minimum atomic E-state index is -4.28. The van der Waals surface area contributed by atoms with Crippen molar-refractivity contribution < 1.29 is 26.8 Å². The maximum Gasteiger partial charge on any atom is 0.328 e. The van der Waals surface area contributed by atoms with Gasteiger partial charge in [0.25, 0.3) is 21.1 Å². The van der Waals surface area contributed by atoms with Gasteiger partial charge in [0.05, 0.1) is 12.2 Å². The fourth-order valence-electron chi connectivity index (χ4n) is 3.96.